The minimum Gasteiger partial charge on any atom is -0.483 e. The summed E-state index contributed by atoms with van der Waals surface area (Å²) in [5.41, 5.74) is 3.00. The molecule has 1 aromatic heterocycles. The van der Waals surface area contributed by atoms with Gasteiger partial charge in [0.1, 0.15) is 12.3 Å². The predicted molar refractivity (Wildman–Crippen MR) is 107 cm³/mol. The molecule has 0 N–H and O–H groups in total. The van der Waals surface area contributed by atoms with E-state index in [1.54, 1.807) is 11.0 Å². The molecule has 0 aliphatic rings. The van der Waals surface area contributed by atoms with Crippen LogP contribution < -0.4 is 4.74 Å². The van der Waals surface area contributed by atoms with Crippen LogP contribution in [0.4, 0.5) is 0 Å². The van der Waals surface area contributed by atoms with Crippen molar-refractivity contribution in [1.82, 2.24) is 15.0 Å². The first kappa shape index (κ1) is 19.4. The molecule has 3 rings (SSSR count). The molecule has 1 amide bonds. The molecule has 6 nitrogen and oxygen atoms in total. The summed E-state index contributed by atoms with van der Waals surface area (Å²) in [5.74, 6) is 1.38. The summed E-state index contributed by atoms with van der Waals surface area (Å²) >= 11 is 0. The summed E-state index contributed by atoms with van der Waals surface area (Å²) in [6.45, 7) is 8.18. The van der Waals surface area contributed by atoms with Gasteiger partial charge in [-0.3, -0.25) is 4.79 Å². The van der Waals surface area contributed by atoms with Crippen LogP contribution >= 0.6 is 0 Å². The lowest BCUT2D eigenvalue weighted by molar-refractivity contribution is -0.133. The van der Waals surface area contributed by atoms with Gasteiger partial charge in [-0.05, 0) is 31.0 Å². The highest BCUT2D eigenvalue weighted by Gasteiger charge is 2.18. The maximum Gasteiger partial charge on any atom is 0.261 e. The Kier molecular flexibility index (Phi) is 6.22. The summed E-state index contributed by atoms with van der Waals surface area (Å²) in [4.78, 5) is 18.6. The van der Waals surface area contributed by atoms with Crippen LogP contribution in [0, 0.1) is 13.8 Å². The molecule has 0 fully saturated rings. The molecule has 0 spiro atoms. The van der Waals surface area contributed by atoms with E-state index >= 15 is 0 Å². The monoisotopic (exact) mass is 377 g/mol. The molecule has 0 aliphatic carbocycles. The number of aryl methyl sites for hydroxylation is 1. The zero-order chi connectivity index (χ0) is 19.9. The Labute approximate surface area is 164 Å². The molecule has 1 heterocycles. The summed E-state index contributed by atoms with van der Waals surface area (Å²) in [6.07, 6.45) is 1.66. The molecule has 0 saturated heterocycles. The van der Waals surface area contributed by atoms with Gasteiger partial charge in [-0.2, -0.15) is 4.98 Å². The van der Waals surface area contributed by atoms with E-state index in [9.17, 15) is 4.79 Å². The molecule has 3 aromatic rings. The molecule has 144 valence electrons. The van der Waals surface area contributed by atoms with E-state index < -0.39 is 0 Å². The summed E-state index contributed by atoms with van der Waals surface area (Å²) in [7, 11) is 0. The topological polar surface area (TPSA) is 68.5 Å². The number of ether oxygens (including phenoxy) is 1. The Hall–Kier alpha value is -3.41. The minimum absolute atomic E-state index is 0.0716. The van der Waals surface area contributed by atoms with Gasteiger partial charge >= 0.3 is 0 Å². The van der Waals surface area contributed by atoms with Gasteiger partial charge in [-0.1, -0.05) is 53.7 Å². The minimum atomic E-state index is -0.180. The highest BCUT2D eigenvalue weighted by Crippen LogP contribution is 2.21. The van der Waals surface area contributed by atoms with Crippen molar-refractivity contribution in [2.45, 2.75) is 20.4 Å². The molecule has 6 heteroatoms. The summed E-state index contributed by atoms with van der Waals surface area (Å²) in [6, 6.07) is 15.3. The van der Waals surface area contributed by atoms with Crippen molar-refractivity contribution in [1.29, 1.82) is 0 Å². The van der Waals surface area contributed by atoms with Crippen molar-refractivity contribution in [2.24, 2.45) is 0 Å². The fourth-order valence-electron chi connectivity index (χ4n) is 2.71. The number of carbonyl (C=O) groups is 1. The Bertz CT molecular complexity index is 951. The molecule has 2 aromatic carbocycles. The average molecular weight is 377 g/mol. The first-order valence-corrected chi connectivity index (χ1v) is 9.04. The quantitative estimate of drug-likeness (QED) is 0.556. The highest BCUT2D eigenvalue weighted by molar-refractivity contribution is 5.78. The zero-order valence-corrected chi connectivity index (χ0v) is 16.1. The van der Waals surface area contributed by atoms with Crippen molar-refractivity contribution in [3.8, 4) is 17.1 Å². The van der Waals surface area contributed by atoms with Crippen LogP contribution in [0.5, 0.6) is 5.75 Å². The maximum absolute atomic E-state index is 12.6. The highest BCUT2D eigenvalue weighted by atomic mass is 16.5. The van der Waals surface area contributed by atoms with Crippen LogP contribution in [0.3, 0.4) is 0 Å². The third-order valence-electron chi connectivity index (χ3n) is 4.43. The molecule has 0 aliphatic heterocycles. The lowest BCUT2D eigenvalue weighted by Crippen LogP contribution is -2.34. The number of hydrogen-bond donors (Lipinski definition) is 0. The van der Waals surface area contributed by atoms with Crippen LogP contribution in [0.2, 0.25) is 0 Å². The number of nitrogens with zero attached hydrogens (tertiary/aromatic N) is 3. The van der Waals surface area contributed by atoms with E-state index in [0.29, 0.717) is 24.0 Å². The summed E-state index contributed by atoms with van der Waals surface area (Å²) in [5, 5.41) is 3.99. The van der Waals surface area contributed by atoms with Gasteiger partial charge in [0.2, 0.25) is 11.7 Å². The van der Waals surface area contributed by atoms with Crippen molar-refractivity contribution < 1.29 is 14.1 Å². The Morgan fingerprint density at radius 2 is 1.96 bits per heavy atom. The van der Waals surface area contributed by atoms with Gasteiger partial charge in [-0.15, -0.1) is 6.58 Å². The fourth-order valence-corrected chi connectivity index (χ4v) is 2.71. The standard InChI is InChI=1S/C22H23N3O3/c1-4-13-25(21(26)15-27-19-12-8-9-16(2)17(19)3)14-20-23-22(24-28-20)18-10-6-5-7-11-18/h4-12H,1,13-15H2,2-3H3. The van der Waals surface area contributed by atoms with Crippen LogP contribution in [0.25, 0.3) is 11.4 Å². The van der Waals surface area contributed by atoms with Gasteiger partial charge in [0, 0.05) is 12.1 Å². The number of amides is 1. The Morgan fingerprint density at radius 3 is 2.71 bits per heavy atom. The molecule has 0 bridgehead atoms. The number of hydrogen-bond acceptors (Lipinski definition) is 5. The van der Waals surface area contributed by atoms with E-state index in [4.69, 9.17) is 9.26 Å². The molecule has 28 heavy (non-hydrogen) atoms. The van der Waals surface area contributed by atoms with E-state index in [-0.39, 0.29) is 19.1 Å². The first-order chi connectivity index (χ1) is 13.6. The molecule has 0 unspecified atom stereocenters. The fraction of sp³-hybridized carbons (Fsp3) is 0.227. The zero-order valence-electron chi connectivity index (χ0n) is 16.1. The molecular weight excluding hydrogens is 354 g/mol. The molecular formula is C22H23N3O3. The number of carbonyl (C=O) groups excluding carboxylic acids is 1. The van der Waals surface area contributed by atoms with Crippen molar-refractivity contribution in [2.75, 3.05) is 13.2 Å². The van der Waals surface area contributed by atoms with Crippen LogP contribution in [-0.4, -0.2) is 34.1 Å². The Morgan fingerprint density at radius 1 is 1.18 bits per heavy atom. The predicted octanol–water partition coefficient (Wildman–Crippen LogP) is 3.95. The number of rotatable bonds is 8. The van der Waals surface area contributed by atoms with Crippen molar-refractivity contribution >= 4 is 5.91 Å². The summed E-state index contributed by atoms with van der Waals surface area (Å²) < 4.78 is 11.0. The van der Waals surface area contributed by atoms with Gasteiger partial charge < -0.3 is 14.2 Å². The largest absolute Gasteiger partial charge is 0.483 e. The molecule has 0 saturated carbocycles. The SMILES string of the molecule is C=CCN(Cc1nc(-c2ccccc2)no1)C(=O)COc1cccc(C)c1C. The van der Waals surface area contributed by atoms with Crippen molar-refractivity contribution in [3.05, 3.63) is 78.2 Å². The van der Waals surface area contributed by atoms with E-state index in [1.165, 1.54) is 0 Å². The van der Waals surface area contributed by atoms with Gasteiger partial charge in [0.05, 0.1) is 0 Å². The van der Waals surface area contributed by atoms with E-state index in [2.05, 4.69) is 16.7 Å². The maximum atomic E-state index is 12.6. The second-order valence-corrected chi connectivity index (χ2v) is 6.43. The van der Waals surface area contributed by atoms with Gasteiger partial charge in [0.25, 0.3) is 5.91 Å². The number of aromatic nitrogens is 2. The van der Waals surface area contributed by atoms with E-state index in [1.807, 2.05) is 62.4 Å². The third-order valence-corrected chi connectivity index (χ3v) is 4.43. The third kappa shape index (κ3) is 4.65. The normalized spacial score (nSPS) is 10.5. The smallest absolute Gasteiger partial charge is 0.261 e. The number of benzene rings is 2. The second kappa shape index (κ2) is 8.99. The van der Waals surface area contributed by atoms with Gasteiger partial charge in [-0.25, -0.2) is 0 Å². The lowest BCUT2D eigenvalue weighted by atomic mass is 10.1. The van der Waals surface area contributed by atoms with E-state index in [0.717, 1.165) is 16.7 Å². The molecule has 0 atom stereocenters. The van der Waals surface area contributed by atoms with Crippen LogP contribution in [0.15, 0.2) is 65.7 Å². The van der Waals surface area contributed by atoms with Gasteiger partial charge in [0.15, 0.2) is 6.61 Å². The lowest BCUT2D eigenvalue weighted by Gasteiger charge is -2.19. The second-order valence-electron chi connectivity index (χ2n) is 6.43. The first-order valence-electron chi connectivity index (χ1n) is 9.04. The van der Waals surface area contributed by atoms with Crippen molar-refractivity contribution in [3.63, 3.8) is 0 Å². The Balaban J connectivity index is 1.66. The van der Waals surface area contributed by atoms with Crippen LogP contribution in [-0.2, 0) is 11.3 Å². The van der Waals surface area contributed by atoms with Crippen LogP contribution in [0.1, 0.15) is 17.0 Å². The average Bonchev–Trinajstić information content (AvgIpc) is 3.18. The molecule has 0 radical (unpaired) electrons.